The first kappa shape index (κ1) is 19.1. The molecule has 0 aliphatic carbocycles. The fourth-order valence-corrected chi connectivity index (χ4v) is 2.34. The van der Waals surface area contributed by atoms with E-state index in [0.717, 1.165) is 11.1 Å². The summed E-state index contributed by atoms with van der Waals surface area (Å²) in [6.07, 6.45) is 3.12. The van der Waals surface area contributed by atoms with Crippen LogP contribution in [0, 0.1) is 11.3 Å². The minimum absolute atomic E-state index is 0.254. The van der Waals surface area contributed by atoms with Gasteiger partial charge in [-0.05, 0) is 49.8 Å². The van der Waals surface area contributed by atoms with E-state index in [0.29, 0.717) is 17.2 Å². The number of carbonyl (C=O) groups excluding carboxylic acids is 1. The maximum atomic E-state index is 12.1. The Morgan fingerprint density at radius 1 is 1.12 bits per heavy atom. The van der Waals surface area contributed by atoms with Crippen molar-refractivity contribution < 1.29 is 14.3 Å². The van der Waals surface area contributed by atoms with Crippen LogP contribution in [0.3, 0.4) is 0 Å². The molecular weight excluding hydrogens is 328 g/mol. The van der Waals surface area contributed by atoms with Gasteiger partial charge in [-0.15, -0.1) is 0 Å². The summed E-state index contributed by atoms with van der Waals surface area (Å²) in [7, 11) is 3.15. The maximum absolute atomic E-state index is 12.1. The first-order chi connectivity index (χ1) is 12.4. The van der Waals surface area contributed by atoms with Gasteiger partial charge >= 0.3 is 0 Å². The predicted octanol–water partition coefficient (Wildman–Crippen LogP) is 4.16. The quantitative estimate of drug-likeness (QED) is 0.794. The van der Waals surface area contributed by atoms with E-state index in [-0.39, 0.29) is 5.91 Å². The summed E-state index contributed by atoms with van der Waals surface area (Å²) in [6.45, 7) is 3.71. The van der Waals surface area contributed by atoms with Gasteiger partial charge in [0.25, 0.3) is 0 Å². The Hall–Kier alpha value is -3.26. The number of anilines is 1. The lowest BCUT2D eigenvalue weighted by Gasteiger charge is -2.15. The summed E-state index contributed by atoms with van der Waals surface area (Å²) in [5.74, 6) is 1.05. The third kappa shape index (κ3) is 4.64. The molecule has 0 spiro atoms. The largest absolute Gasteiger partial charge is 0.497 e. The summed E-state index contributed by atoms with van der Waals surface area (Å²) >= 11 is 0. The Balaban J connectivity index is 2.07. The highest BCUT2D eigenvalue weighted by atomic mass is 16.5. The number of hydrogen-bond acceptors (Lipinski definition) is 4. The Kier molecular flexibility index (Phi) is 6.03. The van der Waals surface area contributed by atoms with Crippen molar-refractivity contribution in [1.29, 1.82) is 5.26 Å². The van der Waals surface area contributed by atoms with E-state index in [1.165, 1.54) is 6.08 Å². The van der Waals surface area contributed by atoms with Crippen LogP contribution in [0.4, 0.5) is 5.69 Å². The minimum Gasteiger partial charge on any atom is -0.497 e. The zero-order valence-electron chi connectivity index (χ0n) is 15.4. The summed E-state index contributed by atoms with van der Waals surface area (Å²) < 4.78 is 10.5. The van der Waals surface area contributed by atoms with Crippen LogP contribution < -0.4 is 14.8 Å². The first-order valence-corrected chi connectivity index (χ1v) is 8.12. The van der Waals surface area contributed by atoms with Crippen LogP contribution in [0.1, 0.15) is 25.0 Å². The maximum Gasteiger partial charge on any atom is 0.248 e. The van der Waals surface area contributed by atoms with Crippen LogP contribution in [0.25, 0.3) is 6.08 Å². The lowest BCUT2D eigenvalue weighted by Crippen LogP contribution is -2.14. The Bertz CT molecular complexity index is 847. The van der Waals surface area contributed by atoms with E-state index >= 15 is 0 Å². The topological polar surface area (TPSA) is 71.3 Å². The van der Waals surface area contributed by atoms with Gasteiger partial charge in [-0.3, -0.25) is 4.79 Å². The molecule has 26 heavy (non-hydrogen) atoms. The van der Waals surface area contributed by atoms with E-state index in [2.05, 4.69) is 11.4 Å². The monoisotopic (exact) mass is 350 g/mol. The van der Waals surface area contributed by atoms with Crippen molar-refractivity contribution in [3.05, 3.63) is 59.7 Å². The number of nitrogens with zero attached hydrogens (tertiary/aromatic N) is 1. The smallest absolute Gasteiger partial charge is 0.248 e. The van der Waals surface area contributed by atoms with Crippen LogP contribution >= 0.6 is 0 Å². The van der Waals surface area contributed by atoms with E-state index in [1.807, 2.05) is 32.0 Å². The molecule has 0 radical (unpaired) electrons. The highest BCUT2D eigenvalue weighted by Crippen LogP contribution is 2.26. The summed E-state index contributed by atoms with van der Waals surface area (Å²) in [5, 5.41) is 12.0. The van der Waals surface area contributed by atoms with Gasteiger partial charge in [-0.2, -0.15) is 5.26 Å². The van der Waals surface area contributed by atoms with Gasteiger partial charge in [0.05, 0.1) is 25.7 Å². The van der Waals surface area contributed by atoms with Gasteiger partial charge in [0.2, 0.25) is 5.91 Å². The third-order valence-electron chi connectivity index (χ3n) is 4.01. The first-order valence-electron chi connectivity index (χ1n) is 8.12. The van der Waals surface area contributed by atoms with Gasteiger partial charge in [0, 0.05) is 23.4 Å². The number of amides is 1. The van der Waals surface area contributed by atoms with Crippen molar-refractivity contribution in [3.8, 4) is 17.6 Å². The second kappa shape index (κ2) is 8.21. The number of carbonyl (C=O) groups is 1. The average molecular weight is 350 g/mol. The van der Waals surface area contributed by atoms with Crippen molar-refractivity contribution in [2.45, 2.75) is 19.3 Å². The summed E-state index contributed by atoms with van der Waals surface area (Å²) in [5.41, 5.74) is 1.78. The average Bonchev–Trinajstić information content (AvgIpc) is 2.66. The van der Waals surface area contributed by atoms with Crippen LogP contribution in [-0.4, -0.2) is 20.1 Å². The molecule has 0 unspecified atom stereocenters. The summed E-state index contributed by atoms with van der Waals surface area (Å²) in [4.78, 5) is 12.1. The SMILES string of the molecule is COc1ccc(/C=C/C(=O)Nc2ccc(C(C)(C)C#N)cc2)c(OC)c1. The second-order valence-corrected chi connectivity index (χ2v) is 6.24. The van der Waals surface area contributed by atoms with Crippen LogP contribution in [0.15, 0.2) is 48.5 Å². The van der Waals surface area contributed by atoms with Gasteiger partial charge in [-0.25, -0.2) is 0 Å². The Morgan fingerprint density at radius 3 is 2.38 bits per heavy atom. The lowest BCUT2D eigenvalue weighted by atomic mass is 9.86. The van der Waals surface area contributed by atoms with Gasteiger partial charge in [0.15, 0.2) is 0 Å². The molecule has 5 nitrogen and oxygen atoms in total. The standard InChI is InChI=1S/C21H22N2O3/c1-21(2,14-22)16-7-9-17(10-8-16)23-20(24)12-6-15-5-11-18(25-3)13-19(15)26-4/h5-13H,1-4H3,(H,23,24)/b12-6+. The minimum atomic E-state index is -0.562. The van der Waals surface area contributed by atoms with E-state index in [9.17, 15) is 4.79 Å². The molecule has 1 amide bonds. The molecule has 1 N–H and O–H groups in total. The van der Waals surface area contributed by atoms with Crippen LogP contribution in [0.5, 0.6) is 11.5 Å². The van der Waals surface area contributed by atoms with Gasteiger partial charge in [0.1, 0.15) is 11.5 Å². The number of nitriles is 1. The Morgan fingerprint density at radius 2 is 1.81 bits per heavy atom. The zero-order valence-corrected chi connectivity index (χ0v) is 15.4. The van der Waals surface area contributed by atoms with Crippen molar-refractivity contribution in [2.75, 3.05) is 19.5 Å². The molecule has 0 fully saturated rings. The molecule has 0 aromatic heterocycles. The molecule has 0 aliphatic rings. The number of ether oxygens (including phenoxy) is 2. The van der Waals surface area contributed by atoms with Crippen LogP contribution in [-0.2, 0) is 10.2 Å². The molecule has 0 saturated carbocycles. The molecule has 0 atom stereocenters. The van der Waals surface area contributed by atoms with Crippen molar-refractivity contribution in [1.82, 2.24) is 0 Å². The van der Waals surface area contributed by atoms with Crippen molar-refractivity contribution in [2.24, 2.45) is 0 Å². The third-order valence-corrected chi connectivity index (χ3v) is 4.01. The number of rotatable bonds is 6. The van der Waals surface area contributed by atoms with Crippen LogP contribution in [0.2, 0.25) is 0 Å². The molecule has 0 saturated heterocycles. The van der Waals surface area contributed by atoms with Crippen molar-refractivity contribution >= 4 is 17.7 Å². The molecule has 2 aromatic rings. The normalized spacial score (nSPS) is 11.0. The molecule has 2 rings (SSSR count). The second-order valence-electron chi connectivity index (χ2n) is 6.24. The molecule has 2 aromatic carbocycles. The van der Waals surface area contributed by atoms with E-state index in [1.54, 1.807) is 44.6 Å². The van der Waals surface area contributed by atoms with Gasteiger partial charge < -0.3 is 14.8 Å². The molecule has 0 bridgehead atoms. The predicted molar refractivity (Wildman–Crippen MR) is 102 cm³/mol. The lowest BCUT2D eigenvalue weighted by molar-refractivity contribution is -0.111. The fraction of sp³-hybridized carbons (Fsp3) is 0.238. The highest BCUT2D eigenvalue weighted by Gasteiger charge is 2.19. The zero-order chi connectivity index (χ0) is 19.2. The molecular formula is C21H22N2O3. The Labute approximate surface area is 153 Å². The molecule has 134 valence electrons. The molecule has 0 heterocycles. The molecule has 0 aliphatic heterocycles. The summed E-state index contributed by atoms with van der Waals surface area (Å²) in [6, 6.07) is 14.9. The van der Waals surface area contributed by atoms with E-state index < -0.39 is 5.41 Å². The molecule has 5 heteroatoms. The highest BCUT2D eigenvalue weighted by molar-refractivity contribution is 6.02. The fourth-order valence-electron chi connectivity index (χ4n) is 2.34. The van der Waals surface area contributed by atoms with Crippen molar-refractivity contribution in [3.63, 3.8) is 0 Å². The van der Waals surface area contributed by atoms with E-state index in [4.69, 9.17) is 14.7 Å². The number of nitrogens with one attached hydrogen (secondary N) is 1. The number of hydrogen-bond donors (Lipinski definition) is 1. The number of benzene rings is 2. The number of methoxy groups -OCH3 is 2. The van der Waals surface area contributed by atoms with Gasteiger partial charge in [-0.1, -0.05) is 12.1 Å².